The molecule has 0 bridgehead atoms. The molecule has 1 aliphatic heterocycles. The summed E-state index contributed by atoms with van der Waals surface area (Å²) in [5.74, 6) is 3.38. The van der Waals surface area contributed by atoms with E-state index in [-0.39, 0.29) is 178 Å². The van der Waals surface area contributed by atoms with Crippen molar-refractivity contribution in [1.29, 1.82) is 0 Å². The van der Waals surface area contributed by atoms with Crippen LogP contribution >= 0.6 is 11.3 Å². The Morgan fingerprint density at radius 3 is 1.64 bits per heavy atom. The van der Waals surface area contributed by atoms with Crippen LogP contribution in [0.5, 0.6) is 0 Å². The first-order valence-electron chi connectivity index (χ1n) is 42.8. The number of hydrogen-bond donors (Lipinski definition) is 3. The van der Waals surface area contributed by atoms with Crippen LogP contribution in [0.1, 0.15) is 307 Å². The summed E-state index contributed by atoms with van der Waals surface area (Å²) in [6, 6.07) is 69.5. The number of ether oxygens (including phenoxy) is 1. The van der Waals surface area contributed by atoms with Crippen LogP contribution in [-0.4, -0.2) is 57.0 Å². The molecular formula is C102H123NO10SY4-4. The van der Waals surface area contributed by atoms with E-state index in [2.05, 4.69) is 101 Å². The van der Waals surface area contributed by atoms with Crippen LogP contribution in [0.4, 0.5) is 5.69 Å². The SMILES string of the molecule is CC(C)CC(O)c1ccc(N2C(=O)CCCC2CCCc2cc[c-]o2)cc1.CCCCCC(O)c1ccc(C2C(=O)CCCC2COCc2cc[c-]s2)cc1.O=C(Cc1ccccc1)c1ccc(C2C(=O)CCCC2CCCc2c[c-]ccc2)cc1.[CH2-]Cc1ccc(C2CCCC(=O)C2c2ccc(C(O)CCCCC)cc2)cc1.[Y].[Y].[Y].[Y]. The Morgan fingerprint density at radius 1 is 0.534 bits per heavy atom. The quantitative estimate of drug-likeness (QED) is 0.0200. The van der Waals surface area contributed by atoms with E-state index in [4.69, 9.17) is 9.15 Å². The average molecular weight is 1910 g/mol. The zero-order chi connectivity index (χ0) is 80.4. The fourth-order valence-electron chi connectivity index (χ4n) is 17.3. The third-order valence-corrected chi connectivity index (χ3v) is 24.3. The van der Waals surface area contributed by atoms with E-state index in [9.17, 15) is 39.3 Å². The molecule has 10 atom stereocenters. The summed E-state index contributed by atoms with van der Waals surface area (Å²) in [5, 5.41) is 34.2. The van der Waals surface area contributed by atoms with Gasteiger partial charge in [-0.15, -0.1) is 16.3 Å². The minimum Gasteiger partial charge on any atom is -0.596 e. The average Bonchev–Trinajstić information content (AvgIpc) is 1.02. The van der Waals surface area contributed by atoms with Crippen molar-refractivity contribution in [3.8, 4) is 0 Å². The summed E-state index contributed by atoms with van der Waals surface area (Å²) in [4.78, 5) is 66.7. The minimum atomic E-state index is -0.447. The molecule has 1 amide bonds. The third-order valence-electron chi connectivity index (χ3n) is 23.6. The summed E-state index contributed by atoms with van der Waals surface area (Å²) >= 11 is 1.58. The van der Waals surface area contributed by atoms with Gasteiger partial charge in [0.15, 0.2) is 5.78 Å². The molecule has 9 aromatic rings. The van der Waals surface area contributed by atoms with Gasteiger partial charge in [-0.1, -0.05) is 249 Å². The number of hydrogen-bond acceptors (Lipinski definition) is 11. The molecule has 4 fully saturated rings. The van der Waals surface area contributed by atoms with Crippen molar-refractivity contribution in [3.63, 3.8) is 0 Å². The molecule has 11 nitrogen and oxygen atoms in total. The van der Waals surface area contributed by atoms with Crippen LogP contribution in [0.25, 0.3) is 0 Å². The van der Waals surface area contributed by atoms with Crippen molar-refractivity contribution in [2.75, 3.05) is 11.5 Å². The number of piperidine rings is 1. The smallest absolute Gasteiger partial charge is 0.227 e. The van der Waals surface area contributed by atoms with Crippen LogP contribution in [0.2, 0.25) is 0 Å². The molecule has 1 saturated heterocycles. The largest absolute Gasteiger partial charge is 0.596 e. The number of anilines is 1. The number of aliphatic hydroxyl groups excluding tert-OH is 3. The first kappa shape index (κ1) is 103. The second kappa shape index (κ2) is 56.0. The van der Waals surface area contributed by atoms with Gasteiger partial charge in [-0.25, -0.2) is 0 Å². The Bertz CT molecular complexity index is 4280. The van der Waals surface area contributed by atoms with Gasteiger partial charge in [-0.2, -0.15) is 60.5 Å². The van der Waals surface area contributed by atoms with Crippen LogP contribution in [-0.2, 0) is 187 Å². The predicted molar refractivity (Wildman–Crippen MR) is 460 cm³/mol. The fraction of sp³-hybridized carbons (Fsp3) is 0.451. The van der Waals surface area contributed by atoms with E-state index in [1.54, 1.807) is 17.4 Å². The molecule has 3 heterocycles. The number of unbranched alkanes of at least 4 members (excludes halogenated alkanes) is 4. The Labute approximate surface area is 810 Å². The van der Waals surface area contributed by atoms with Gasteiger partial charge in [-0.05, 0) is 164 Å². The van der Waals surface area contributed by atoms with Gasteiger partial charge >= 0.3 is 0 Å². The molecule has 2 aromatic heterocycles. The monoisotopic (exact) mass is 1910 g/mol. The number of rotatable bonds is 34. The first-order chi connectivity index (χ1) is 55.6. The number of ketones is 4. The van der Waals surface area contributed by atoms with E-state index in [1.807, 2.05) is 150 Å². The van der Waals surface area contributed by atoms with Gasteiger partial charge in [0, 0.05) is 211 Å². The van der Waals surface area contributed by atoms with Crippen LogP contribution in [0, 0.1) is 42.4 Å². The molecule has 3 saturated carbocycles. The maximum atomic E-state index is 12.8. The van der Waals surface area contributed by atoms with Crippen LogP contribution in [0.15, 0.2) is 205 Å². The van der Waals surface area contributed by atoms with Crippen molar-refractivity contribution in [3.05, 3.63) is 297 Å². The van der Waals surface area contributed by atoms with Crippen LogP contribution < -0.4 is 4.90 Å². The summed E-state index contributed by atoms with van der Waals surface area (Å²) < 4.78 is 11.2. The van der Waals surface area contributed by atoms with Gasteiger partial charge in [-0.3, -0.25) is 35.3 Å². The van der Waals surface area contributed by atoms with Crippen molar-refractivity contribution < 1.29 is 179 Å². The number of furan rings is 1. The van der Waals surface area contributed by atoms with Gasteiger partial charge in [0.2, 0.25) is 5.91 Å². The molecule has 118 heavy (non-hydrogen) atoms. The number of nitrogens with zero attached hydrogens (tertiary/aromatic N) is 1. The maximum Gasteiger partial charge on any atom is 0.227 e. The van der Waals surface area contributed by atoms with E-state index in [0.29, 0.717) is 80.1 Å². The van der Waals surface area contributed by atoms with Crippen molar-refractivity contribution in [2.24, 2.45) is 17.8 Å². The Balaban J connectivity index is 0.000000242. The molecule has 618 valence electrons. The number of aryl methyl sites for hydroxylation is 2. The zero-order valence-corrected chi connectivity index (χ0v) is 82.6. The second-order valence-electron chi connectivity index (χ2n) is 32.5. The van der Waals surface area contributed by atoms with E-state index in [1.165, 1.54) is 21.6 Å². The zero-order valence-electron chi connectivity index (χ0n) is 70.4. The minimum absolute atomic E-state index is 0. The summed E-state index contributed by atoms with van der Waals surface area (Å²) in [6.45, 7) is 13.7. The number of carbonyl (C=O) groups excluding carboxylic acids is 5. The molecule has 16 heteroatoms. The fourth-order valence-corrected chi connectivity index (χ4v) is 17.8. The number of amides is 1. The Hall–Kier alpha value is -4.07. The topological polar surface area (TPSA) is 172 Å². The number of thiophene rings is 1. The summed E-state index contributed by atoms with van der Waals surface area (Å²) in [6.07, 6.45) is 28.4. The van der Waals surface area contributed by atoms with Gasteiger partial charge in [0.05, 0.1) is 18.3 Å². The molecule has 7 aromatic carbocycles. The summed E-state index contributed by atoms with van der Waals surface area (Å²) in [7, 11) is 0. The third kappa shape index (κ3) is 32.5. The van der Waals surface area contributed by atoms with Crippen LogP contribution in [0.3, 0.4) is 0 Å². The standard InChI is InChI=1S/C29H29O2.C26H33O2.C24H31O3S.C23H30NO3.4Y/c30-27-16-8-15-25(14-7-13-22-9-3-1-4-10-22)29(27)26-19-17-24(18-20-26)28(31)21-23-11-5-2-6-12-23;1-3-5-6-9-24(27)21-15-17-22(18-16-21)26-23(8-7-10-25(26)28)20-13-11-19(4-2)12-14-20;1-2-3-4-9-22(25)18-11-13-19(14-12-18)24-20(7-5-10-23(24)26)16-27-17-21-8-6-15-28-21;1-17(2)16-22(25)18-11-13-20(14-12-18)24-19(7-4-10-23(24)26)6-3-8-21-9-5-15-27-21;;;;/h1-3,5-6,9-12,17-20,25,29H,7-8,13-16,21H2;11-18,23-24,26-27H,2-10H2,1H3;6,8,11-14,20,22,24-25H,2-5,7,9-10,16-17H2,1H3;5,9,11-14,17,19,22,25H,3-4,6-8,10,16H2,1-2H3;;;;/q4*-1;;;;. The van der Waals surface area contributed by atoms with E-state index >= 15 is 0 Å². The van der Waals surface area contributed by atoms with Gasteiger partial charge < -0.3 is 36.3 Å². The Morgan fingerprint density at radius 2 is 1.08 bits per heavy atom. The van der Waals surface area contributed by atoms with Crippen molar-refractivity contribution in [1.82, 2.24) is 0 Å². The second-order valence-corrected chi connectivity index (χ2v) is 33.5. The molecule has 13 rings (SSSR count). The molecule has 4 aliphatic rings. The van der Waals surface area contributed by atoms with E-state index < -0.39 is 18.3 Å². The Kier molecular flexibility index (Phi) is 48.8. The van der Waals surface area contributed by atoms with E-state index in [0.717, 1.165) is 204 Å². The molecule has 10 unspecified atom stereocenters. The number of benzene rings is 7. The van der Waals surface area contributed by atoms with Gasteiger partial charge in [0.25, 0.3) is 0 Å². The van der Waals surface area contributed by atoms with Crippen molar-refractivity contribution >= 4 is 46.1 Å². The van der Waals surface area contributed by atoms with Gasteiger partial charge in [0.1, 0.15) is 17.3 Å². The molecule has 4 radical (unpaired) electrons. The number of Topliss-reactive ketones (excluding diaryl/α,β-unsaturated/α-hetero) is 4. The number of carbonyl (C=O) groups is 5. The number of aliphatic hydroxyl groups is 3. The predicted octanol–water partition coefficient (Wildman–Crippen LogP) is 23.6. The maximum absolute atomic E-state index is 12.8. The molecule has 3 N–H and O–H groups in total. The normalized spacial score (nSPS) is 19.2. The summed E-state index contributed by atoms with van der Waals surface area (Å²) in [5.41, 5.74) is 12.5. The molecule has 0 spiro atoms. The first-order valence-corrected chi connectivity index (χ1v) is 43.6. The van der Waals surface area contributed by atoms with Crippen molar-refractivity contribution in [2.45, 2.75) is 269 Å². The molecular weight excluding hydrogens is 1790 g/mol. The molecule has 3 aliphatic carbocycles.